The highest BCUT2D eigenvalue weighted by Gasteiger charge is 2.27. The fourth-order valence-electron chi connectivity index (χ4n) is 1.66. The van der Waals surface area contributed by atoms with E-state index in [-0.39, 0.29) is 0 Å². The molecule has 0 atom stereocenters. The van der Waals surface area contributed by atoms with Crippen LogP contribution in [-0.4, -0.2) is 15.2 Å². The van der Waals surface area contributed by atoms with Gasteiger partial charge in [0.1, 0.15) is 5.82 Å². The molecule has 1 aliphatic rings. The van der Waals surface area contributed by atoms with Crippen LogP contribution in [0, 0.1) is 0 Å². The molecule has 72 valence electrons. The van der Waals surface area contributed by atoms with E-state index in [0.717, 1.165) is 24.5 Å². The van der Waals surface area contributed by atoms with Crippen LogP contribution in [0.1, 0.15) is 63.0 Å². The van der Waals surface area contributed by atoms with Crippen molar-refractivity contribution in [3.63, 3.8) is 0 Å². The van der Waals surface area contributed by atoms with Gasteiger partial charge in [0.05, 0.1) is 0 Å². The maximum absolute atomic E-state index is 4.55. The summed E-state index contributed by atoms with van der Waals surface area (Å²) in [5.74, 6) is 3.37. The standard InChI is InChI=1S/C10H17N3/c1-3-7(4-2)9-11-10(13-12-9)8-5-6-8/h7-8H,3-6H2,1-2H3,(H,11,12,13). The van der Waals surface area contributed by atoms with E-state index in [1.54, 1.807) is 0 Å². The average molecular weight is 179 g/mol. The minimum atomic E-state index is 0.545. The molecule has 1 aromatic heterocycles. The van der Waals surface area contributed by atoms with Crippen LogP contribution in [0.3, 0.4) is 0 Å². The molecule has 13 heavy (non-hydrogen) atoms. The lowest BCUT2D eigenvalue weighted by Gasteiger charge is -2.05. The molecule has 0 aliphatic heterocycles. The fourth-order valence-corrected chi connectivity index (χ4v) is 1.66. The lowest BCUT2D eigenvalue weighted by atomic mass is 10.0. The van der Waals surface area contributed by atoms with E-state index >= 15 is 0 Å². The molecule has 0 saturated heterocycles. The minimum absolute atomic E-state index is 0.545. The average Bonchev–Trinajstić information content (AvgIpc) is 2.89. The van der Waals surface area contributed by atoms with Gasteiger partial charge in [-0.05, 0) is 25.7 Å². The van der Waals surface area contributed by atoms with Crippen molar-refractivity contribution in [1.29, 1.82) is 0 Å². The Morgan fingerprint density at radius 3 is 2.62 bits per heavy atom. The smallest absolute Gasteiger partial charge is 0.153 e. The first-order valence-corrected chi connectivity index (χ1v) is 5.27. The first-order valence-electron chi connectivity index (χ1n) is 5.27. The van der Waals surface area contributed by atoms with Gasteiger partial charge in [-0.25, -0.2) is 4.98 Å². The van der Waals surface area contributed by atoms with Gasteiger partial charge >= 0.3 is 0 Å². The molecule has 1 fully saturated rings. The summed E-state index contributed by atoms with van der Waals surface area (Å²) in [7, 11) is 0. The Morgan fingerprint density at radius 1 is 1.38 bits per heavy atom. The molecule has 2 rings (SSSR count). The molecule has 0 spiro atoms. The van der Waals surface area contributed by atoms with Crippen molar-refractivity contribution < 1.29 is 0 Å². The molecule has 0 unspecified atom stereocenters. The molecular formula is C10H17N3. The zero-order valence-electron chi connectivity index (χ0n) is 8.38. The van der Waals surface area contributed by atoms with Crippen molar-refractivity contribution >= 4 is 0 Å². The molecule has 1 saturated carbocycles. The Labute approximate surface area is 79.0 Å². The van der Waals surface area contributed by atoms with Gasteiger partial charge in [0, 0.05) is 11.8 Å². The molecule has 0 bridgehead atoms. The highest BCUT2D eigenvalue weighted by molar-refractivity contribution is 5.07. The lowest BCUT2D eigenvalue weighted by Crippen LogP contribution is -1.97. The number of H-pyrrole nitrogens is 1. The predicted molar refractivity (Wildman–Crippen MR) is 51.7 cm³/mol. The van der Waals surface area contributed by atoms with Crippen LogP contribution in [0.15, 0.2) is 0 Å². The normalized spacial score (nSPS) is 16.8. The van der Waals surface area contributed by atoms with Crippen LogP contribution in [0.4, 0.5) is 0 Å². The third kappa shape index (κ3) is 1.74. The third-order valence-electron chi connectivity index (χ3n) is 2.83. The molecule has 3 heteroatoms. The lowest BCUT2D eigenvalue weighted by molar-refractivity contribution is 0.604. The van der Waals surface area contributed by atoms with Crippen molar-refractivity contribution in [1.82, 2.24) is 15.2 Å². The molecule has 1 heterocycles. The monoisotopic (exact) mass is 179 g/mol. The van der Waals surface area contributed by atoms with Crippen LogP contribution >= 0.6 is 0 Å². The summed E-state index contributed by atoms with van der Waals surface area (Å²) < 4.78 is 0. The van der Waals surface area contributed by atoms with Gasteiger partial charge < -0.3 is 0 Å². The van der Waals surface area contributed by atoms with E-state index in [4.69, 9.17) is 0 Å². The molecule has 3 nitrogen and oxygen atoms in total. The first kappa shape index (κ1) is 8.73. The van der Waals surface area contributed by atoms with E-state index in [1.165, 1.54) is 12.8 Å². The van der Waals surface area contributed by atoms with Crippen LogP contribution in [0.5, 0.6) is 0 Å². The van der Waals surface area contributed by atoms with E-state index in [0.29, 0.717) is 11.8 Å². The van der Waals surface area contributed by atoms with Gasteiger partial charge in [0.2, 0.25) is 0 Å². The van der Waals surface area contributed by atoms with Crippen molar-refractivity contribution in [3.05, 3.63) is 11.6 Å². The summed E-state index contributed by atoms with van der Waals surface area (Å²) in [5.41, 5.74) is 0. The molecular weight excluding hydrogens is 162 g/mol. The second-order valence-corrected chi connectivity index (χ2v) is 3.87. The highest BCUT2D eigenvalue weighted by Crippen LogP contribution is 2.38. The van der Waals surface area contributed by atoms with Gasteiger partial charge in [-0.1, -0.05) is 13.8 Å². The van der Waals surface area contributed by atoms with E-state index in [2.05, 4.69) is 29.0 Å². The predicted octanol–water partition coefficient (Wildman–Crippen LogP) is 2.59. The second-order valence-electron chi connectivity index (χ2n) is 3.87. The number of aromatic amines is 1. The summed E-state index contributed by atoms with van der Waals surface area (Å²) in [6, 6.07) is 0. The quantitative estimate of drug-likeness (QED) is 0.771. The fraction of sp³-hybridized carbons (Fsp3) is 0.800. The van der Waals surface area contributed by atoms with Crippen LogP contribution < -0.4 is 0 Å². The Kier molecular flexibility index (Phi) is 2.34. The zero-order valence-corrected chi connectivity index (χ0v) is 8.38. The van der Waals surface area contributed by atoms with Gasteiger partial charge in [-0.15, -0.1) is 0 Å². The van der Waals surface area contributed by atoms with Crippen molar-refractivity contribution in [2.75, 3.05) is 0 Å². The van der Waals surface area contributed by atoms with Gasteiger partial charge in [-0.3, -0.25) is 5.10 Å². The minimum Gasteiger partial charge on any atom is -0.263 e. The summed E-state index contributed by atoms with van der Waals surface area (Å²) >= 11 is 0. The first-order chi connectivity index (χ1) is 6.35. The number of hydrogen-bond donors (Lipinski definition) is 1. The van der Waals surface area contributed by atoms with Crippen molar-refractivity contribution in [2.45, 2.75) is 51.4 Å². The van der Waals surface area contributed by atoms with Crippen LogP contribution in [0.2, 0.25) is 0 Å². The number of hydrogen-bond acceptors (Lipinski definition) is 2. The number of nitrogens with zero attached hydrogens (tertiary/aromatic N) is 2. The maximum Gasteiger partial charge on any atom is 0.153 e. The summed E-state index contributed by atoms with van der Waals surface area (Å²) in [4.78, 5) is 4.55. The number of nitrogens with one attached hydrogen (secondary N) is 1. The van der Waals surface area contributed by atoms with Gasteiger partial charge in [-0.2, -0.15) is 5.10 Å². The second kappa shape index (κ2) is 3.48. The zero-order chi connectivity index (χ0) is 9.26. The molecule has 0 amide bonds. The van der Waals surface area contributed by atoms with E-state index in [1.807, 2.05) is 0 Å². The van der Waals surface area contributed by atoms with Crippen molar-refractivity contribution in [3.8, 4) is 0 Å². The summed E-state index contributed by atoms with van der Waals surface area (Å²) in [5, 5.41) is 7.34. The topological polar surface area (TPSA) is 41.6 Å². The van der Waals surface area contributed by atoms with Crippen LogP contribution in [-0.2, 0) is 0 Å². The number of aromatic nitrogens is 3. The molecule has 1 aromatic rings. The van der Waals surface area contributed by atoms with E-state index in [9.17, 15) is 0 Å². The Morgan fingerprint density at radius 2 is 2.08 bits per heavy atom. The largest absolute Gasteiger partial charge is 0.263 e. The van der Waals surface area contributed by atoms with E-state index < -0.39 is 0 Å². The third-order valence-corrected chi connectivity index (χ3v) is 2.83. The summed E-state index contributed by atoms with van der Waals surface area (Å²) in [6.07, 6.45) is 4.85. The Balaban J connectivity index is 2.10. The number of rotatable bonds is 4. The van der Waals surface area contributed by atoms with Crippen LogP contribution in [0.25, 0.3) is 0 Å². The Bertz CT molecular complexity index is 271. The Hall–Kier alpha value is -0.860. The molecule has 1 N–H and O–H groups in total. The SMILES string of the molecule is CCC(CC)c1n[nH]c(C2CC2)n1. The molecule has 0 aromatic carbocycles. The summed E-state index contributed by atoms with van der Waals surface area (Å²) in [6.45, 7) is 4.39. The maximum atomic E-state index is 4.55. The highest BCUT2D eigenvalue weighted by atomic mass is 15.2. The van der Waals surface area contributed by atoms with Gasteiger partial charge in [0.25, 0.3) is 0 Å². The molecule has 1 aliphatic carbocycles. The molecule has 0 radical (unpaired) electrons. The van der Waals surface area contributed by atoms with Gasteiger partial charge in [0.15, 0.2) is 5.82 Å². The van der Waals surface area contributed by atoms with Crippen molar-refractivity contribution in [2.24, 2.45) is 0 Å².